The van der Waals surface area contributed by atoms with Crippen LogP contribution in [0.5, 0.6) is 0 Å². The molecule has 30 heavy (non-hydrogen) atoms. The summed E-state index contributed by atoms with van der Waals surface area (Å²) >= 11 is 0. The van der Waals surface area contributed by atoms with E-state index < -0.39 is 23.6 Å². The number of aliphatic carboxylic acids is 1. The van der Waals surface area contributed by atoms with E-state index in [0.29, 0.717) is 32.1 Å². The molecule has 6 nitrogen and oxygen atoms in total. The van der Waals surface area contributed by atoms with Gasteiger partial charge in [0.1, 0.15) is 0 Å². The Morgan fingerprint density at radius 1 is 1.13 bits per heavy atom. The average molecular weight is 427 g/mol. The van der Waals surface area contributed by atoms with E-state index in [1.807, 2.05) is 13.0 Å². The second-order valence-corrected chi connectivity index (χ2v) is 8.84. The number of esters is 1. The van der Waals surface area contributed by atoms with Crippen LogP contribution in [0.2, 0.25) is 0 Å². The monoisotopic (exact) mass is 426 g/mol. The van der Waals surface area contributed by atoms with Gasteiger partial charge in [-0.25, -0.2) is 0 Å². The maximum atomic E-state index is 13.0. The first kappa shape index (κ1) is 26.6. The van der Waals surface area contributed by atoms with Crippen molar-refractivity contribution >= 4 is 11.9 Å². The van der Waals surface area contributed by atoms with Crippen molar-refractivity contribution in [2.24, 2.45) is 17.3 Å². The average Bonchev–Trinajstić information content (AvgIpc) is 3.01. The van der Waals surface area contributed by atoms with Crippen LogP contribution in [-0.2, 0) is 14.3 Å². The van der Waals surface area contributed by atoms with Crippen molar-refractivity contribution in [3.63, 3.8) is 0 Å². The van der Waals surface area contributed by atoms with Gasteiger partial charge in [-0.2, -0.15) is 0 Å². The van der Waals surface area contributed by atoms with Crippen LogP contribution in [0.1, 0.15) is 91.4 Å². The molecule has 0 aromatic rings. The van der Waals surface area contributed by atoms with Gasteiger partial charge in [-0.1, -0.05) is 58.1 Å². The smallest absolute Gasteiger partial charge is 0.315 e. The molecule has 3 unspecified atom stereocenters. The topological polar surface area (TPSA) is 104 Å². The Morgan fingerprint density at radius 3 is 2.50 bits per heavy atom. The molecule has 1 aliphatic rings. The van der Waals surface area contributed by atoms with E-state index in [2.05, 4.69) is 6.92 Å². The molecule has 0 bridgehead atoms. The zero-order valence-electron chi connectivity index (χ0n) is 19.0. The number of carbonyl (C=O) groups is 2. The maximum Gasteiger partial charge on any atom is 0.315 e. The summed E-state index contributed by atoms with van der Waals surface area (Å²) in [5, 5.41) is 29.9. The second kappa shape index (κ2) is 13.8. The van der Waals surface area contributed by atoms with Crippen LogP contribution >= 0.6 is 0 Å². The molecule has 3 N–H and O–H groups in total. The molecule has 0 saturated heterocycles. The third-order valence-electron chi connectivity index (χ3n) is 6.47. The number of ether oxygens (including phenoxy) is 1. The lowest BCUT2D eigenvalue weighted by Crippen LogP contribution is -2.44. The third kappa shape index (κ3) is 8.03. The lowest BCUT2D eigenvalue weighted by atomic mass is 9.71. The number of aliphatic hydroxyl groups excluding tert-OH is 2. The first-order valence-corrected chi connectivity index (χ1v) is 11.7. The Balaban J connectivity index is 2.84. The predicted molar refractivity (Wildman–Crippen MR) is 117 cm³/mol. The molecule has 1 aliphatic carbocycles. The fraction of sp³-hybridized carbons (Fsp3) is 0.833. The lowest BCUT2D eigenvalue weighted by Gasteiger charge is -2.35. The number of aliphatic hydroxyl groups is 2. The molecule has 0 aliphatic heterocycles. The van der Waals surface area contributed by atoms with Crippen LogP contribution in [0.4, 0.5) is 0 Å². The van der Waals surface area contributed by atoms with Gasteiger partial charge in [-0.3, -0.25) is 9.59 Å². The minimum Gasteiger partial charge on any atom is -0.481 e. The Morgan fingerprint density at radius 2 is 1.87 bits per heavy atom. The molecule has 0 radical (unpaired) electrons. The number of unbranched alkanes of at least 4 members (excludes halogenated alkanes) is 2. The Bertz CT molecular complexity index is 546. The molecule has 5 atom stereocenters. The minimum absolute atomic E-state index is 0.147. The Labute approximate surface area is 181 Å². The van der Waals surface area contributed by atoms with Crippen molar-refractivity contribution in [1.29, 1.82) is 0 Å². The number of rotatable bonds is 15. The quantitative estimate of drug-likeness (QED) is 0.203. The Hall–Kier alpha value is -1.40. The molecule has 0 aromatic carbocycles. The van der Waals surface area contributed by atoms with Crippen molar-refractivity contribution in [2.45, 2.75) is 104 Å². The molecule has 1 rings (SSSR count). The molecular formula is C24H42O6. The van der Waals surface area contributed by atoms with Gasteiger partial charge in [-0.05, 0) is 50.9 Å². The van der Waals surface area contributed by atoms with Crippen molar-refractivity contribution < 1.29 is 29.6 Å². The van der Waals surface area contributed by atoms with Crippen molar-refractivity contribution in [1.82, 2.24) is 0 Å². The van der Waals surface area contributed by atoms with Crippen molar-refractivity contribution in [2.75, 3.05) is 6.61 Å². The van der Waals surface area contributed by atoms with E-state index in [9.17, 15) is 19.8 Å². The standard InChI is InChI=1S/C24H42O6/c1-4-6-7-10-20(25)14-12-19-13-15-21(26)24(19,23(29)30-5-2)17-8-9-18(3)11-16-22(27)28/h12,14,18-21,25-26H,4-11,13,15-17H2,1-3H3,(H,27,28)/t18?,19?,20?,21-,24-/m1/s1. The highest BCUT2D eigenvalue weighted by Gasteiger charge is 2.54. The van der Waals surface area contributed by atoms with Gasteiger partial charge in [0.2, 0.25) is 0 Å². The maximum absolute atomic E-state index is 13.0. The highest BCUT2D eigenvalue weighted by Crippen LogP contribution is 2.49. The Kier molecular flexibility index (Phi) is 12.3. The predicted octanol–water partition coefficient (Wildman–Crippen LogP) is 4.48. The highest BCUT2D eigenvalue weighted by molar-refractivity contribution is 5.79. The van der Waals surface area contributed by atoms with E-state index in [4.69, 9.17) is 9.84 Å². The molecule has 0 amide bonds. The fourth-order valence-corrected chi connectivity index (χ4v) is 4.59. The summed E-state index contributed by atoms with van der Waals surface area (Å²) < 4.78 is 5.38. The van der Waals surface area contributed by atoms with E-state index in [-0.39, 0.29) is 30.8 Å². The van der Waals surface area contributed by atoms with Crippen LogP contribution in [0, 0.1) is 17.3 Å². The van der Waals surface area contributed by atoms with Gasteiger partial charge in [0, 0.05) is 6.42 Å². The molecule has 1 saturated carbocycles. The van der Waals surface area contributed by atoms with E-state index in [1.54, 1.807) is 13.0 Å². The van der Waals surface area contributed by atoms with Crippen molar-refractivity contribution in [3.8, 4) is 0 Å². The summed E-state index contributed by atoms with van der Waals surface area (Å²) in [5.74, 6) is -1.07. The zero-order valence-corrected chi connectivity index (χ0v) is 19.0. The van der Waals surface area contributed by atoms with Gasteiger partial charge in [0.15, 0.2) is 0 Å². The van der Waals surface area contributed by atoms with E-state index in [1.165, 1.54) is 0 Å². The summed E-state index contributed by atoms with van der Waals surface area (Å²) in [7, 11) is 0. The minimum atomic E-state index is -0.984. The zero-order chi connectivity index (χ0) is 22.6. The van der Waals surface area contributed by atoms with Crippen LogP contribution in [0.3, 0.4) is 0 Å². The summed E-state index contributed by atoms with van der Waals surface area (Å²) in [6, 6.07) is 0. The van der Waals surface area contributed by atoms with Crippen LogP contribution in [0.15, 0.2) is 12.2 Å². The molecule has 0 heterocycles. The molecule has 0 spiro atoms. The van der Waals surface area contributed by atoms with Gasteiger partial charge >= 0.3 is 11.9 Å². The van der Waals surface area contributed by atoms with Gasteiger partial charge < -0.3 is 20.1 Å². The normalized spacial score (nSPS) is 26.0. The van der Waals surface area contributed by atoms with Gasteiger partial charge in [0.25, 0.3) is 0 Å². The number of hydrogen-bond acceptors (Lipinski definition) is 5. The lowest BCUT2D eigenvalue weighted by molar-refractivity contribution is -0.164. The van der Waals surface area contributed by atoms with Crippen LogP contribution < -0.4 is 0 Å². The largest absolute Gasteiger partial charge is 0.481 e. The molecule has 174 valence electrons. The molecular weight excluding hydrogens is 384 g/mol. The highest BCUT2D eigenvalue weighted by atomic mass is 16.5. The second-order valence-electron chi connectivity index (χ2n) is 8.84. The van der Waals surface area contributed by atoms with Gasteiger partial charge in [-0.15, -0.1) is 0 Å². The summed E-state index contributed by atoms with van der Waals surface area (Å²) in [6.45, 7) is 6.18. The first-order valence-electron chi connectivity index (χ1n) is 11.7. The molecule has 0 aromatic heterocycles. The van der Waals surface area contributed by atoms with E-state index >= 15 is 0 Å². The number of carboxylic acid groups (broad SMARTS) is 1. The molecule has 6 heteroatoms. The van der Waals surface area contributed by atoms with Crippen molar-refractivity contribution in [3.05, 3.63) is 12.2 Å². The molecule has 1 fully saturated rings. The number of allylic oxidation sites excluding steroid dienone is 1. The number of carbonyl (C=O) groups excluding carboxylic acids is 1. The number of carboxylic acids is 1. The number of hydrogen-bond donors (Lipinski definition) is 3. The van der Waals surface area contributed by atoms with E-state index in [0.717, 1.165) is 32.1 Å². The summed E-state index contributed by atoms with van der Waals surface area (Å²) in [5.41, 5.74) is -0.984. The van der Waals surface area contributed by atoms with Crippen LogP contribution in [0.25, 0.3) is 0 Å². The summed E-state index contributed by atoms with van der Waals surface area (Å²) in [4.78, 5) is 23.8. The summed E-state index contributed by atoms with van der Waals surface area (Å²) in [6.07, 6.45) is 10.2. The van der Waals surface area contributed by atoms with Gasteiger partial charge in [0.05, 0.1) is 24.2 Å². The third-order valence-corrected chi connectivity index (χ3v) is 6.47. The SMILES string of the molecule is CCCCCC(O)C=CC1CC[C@@H](O)[C@]1(CCCC(C)CCC(=O)O)C(=O)OCC. The fourth-order valence-electron chi connectivity index (χ4n) is 4.59. The first-order chi connectivity index (χ1) is 14.3. The van der Waals surface area contributed by atoms with Crippen LogP contribution in [-0.4, -0.2) is 46.1 Å².